The fourth-order valence-electron chi connectivity index (χ4n) is 2.68. The summed E-state index contributed by atoms with van der Waals surface area (Å²) >= 11 is 0. The average Bonchev–Trinajstić information content (AvgIpc) is 3.18. The highest BCUT2D eigenvalue weighted by Gasteiger charge is 2.44. The number of aliphatic hydroxyl groups is 1. The highest BCUT2D eigenvalue weighted by atomic mass is 31.2. The van der Waals surface area contributed by atoms with Crippen molar-refractivity contribution in [1.29, 1.82) is 0 Å². The van der Waals surface area contributed by atoms with Gasteiger partial charge in [0, 0.05) is 10.4 Å². The van der Waals surface area contributed by atoms with E-state index in [2.05, 4.69) is 19.6 Å². The van der Waals surface area contributed by atoms with Gasteiger partial charge in [0.2, 0.25) is 0 Å². The number of rotatable bonds is 9. The molecule has 0 aliphatic heterocycles. The minimum absolute atomic E-state index is 0.352. The van der Waals surface area contributed by atoms with Crippen molar-refractivity contribution in [2.75, 3.05) is 13.2 Å². The zero-order valence-corrected chi connectivity index (χ0v) is 17.1. The molecular weight excluding hydrogens is 315 g/mol. The van der Waals surface area contributed by atoms with Gasteiger partial charge in [0.25, 0.3) is 0 Å². The monoisotopic (exact) mass is 348 g/mol. The second-order valence-electron chi connectivity index (χ2n) is 7.72. The van der Waals surface area contributed by atoms with Gasteiger partial charge in [-0.1, -0.05) is 39.6 Å². The second-order valence-corrected chi connectivity index (χ2v) is 15.2. The molecule has 0 amide bonds. The van der Waals surface area contributed by atoms with Crippen LogP contribution in [0, 0.1) is 11.3 Å². The van der Waals surface area contributed by atoms with Gasteiger partial charge in [0.05, 0.1) is 27.4 Å². The summed E-state index contributed by atoms with van der Waals surface area (Å²) in [6.45, 7) is 14.8. The number of hydrogen-bond acceptors (Lipinski definition) is 4. The van der Waals surface area contributed by atoms with Gasteiger partial charge in [-0.05, 0) is 32.6 Å². The molecule has 0 spiro atoms. The lowest BCUT2D eigenvalue weighted by molar-refractivity contribution is 0.0617. The summed E-state index contributed by atoms with van der Waals surface area (Å²) < 4.78 is 24.4. The van der Waals surface area contributed by atoms with E-state index in [9.17, 15) is 9.67 Å². The summed E-state index contributed by atoms with van der Waals surface area (Å²) in [7, 11) is -5.21. The molecule has 4 nitrogen and oxygen atoms in total. The van der Waals surface area contributed by atoms with Crippen molar-refractivity contribution in [2.45, 2.75) is 66.3 Å². The largest absolute Gasteiger partial charge is 0.392 e. The molecule has 0 aromatic carbocycles. The van der Waals surface area contributed by atoms with Crippen molar-refractivity contribution >= 4 is 15.7 Å². The van der Waals surface area contributed by atoms with Crippen LogP contribution in [-0.2, 0) is 13.6 Å². The van der Waals surface area contributed by atoms with E-state index < -0.39 is 27.2 Å². The first kappa shape index (κ1) is 20.1. The van der Waals surface area contributed by atoms with E-state index in [-0.39, 0.29) is 0 Å². The van der Waals surface area contributed by atoms with Gasteiger partial charge in [-0.15, -0.1) is 0 Å². The molecule has 0 aromatic heterocycles. The van der Waals surface area contributed by atoms with Crippen LogP contribution in [0.15, 0.2) is 11.0 Å². The van der Waals surface area contributed by atoms with Gasteiger partial charge >= 0.3 is 7.60 Å². The first-order chi connectivity index (χ1) is 9.98. The van der Waals surface area contributed by atoms with E-state index in [0.717, 1.165) is 17.8 Å². The predicted molar refractivity (Wildman–Crippen MR) is 94.8 cm³/mol. The lowest BCUT2D eigenvalue weighted by Crippen LogP contribution is -2.33. The van der Waals surface area contributed by atoms with Crippen molar-refractivity contribution in [2.24, 2.45) is 11.3 Å². The summed E-state index contributed by atoms with van der Waals surface area (Å²) in [4.78, 5) is 0.799. The third-order valence-electron chi connectivity index (χ3n) is 4.00. The van der Waals surface area contributed by atoms with E-state index >= 15 is 0 Å². The summed E-state index contributed by atoms with van der Waals surface area (Å²) in [6, 6.07) is 0. The molecule has 6 heteroatoms. The van der Waals surface area contributed by atoms with Gasteiger partial charge < -0.3 is 14.2 Å². The molecule has 0 radical (unpaired) electrons. The van der Waals surface area contributed by atoms with E-state index in [1.54, 1.807) is 0 Å². The molecule has 1 N–H and O–H groups in total. The van der Waals surface area contributed by atoms with E-state index in [1.807, 2.05) is 33.8 Å². The minimum Gasteiger partial charge on any atom is -0.392 e. The fraction of sp³-hybridized carbons (Fsp3) is 0.875. The van der Waals surface area contributed by atoms with Crippen LogP contribution in [-0.4, -0.2) is 32.5 Å². The zero-order chi connectivity index (χ0) is 17.2. The third kappa shape index (κ3) is 5.03. The van der Waals surface area contributed by atoms with Crippen LogP contribution < -0.4 is 0 Å². The normalized spacial score (nSPS) is 19.4. The quantitative estimate of drug-likeness (QED) is 0.480. The predicted octanol–water partition coefficient (Wildman–Crippen LogP) is 4.81. The third-order valence-corrected chi connectivity index (χ3v) is 10.4. The molecule has 22 heavy (non-hydrogen) atoms. The maximum atomic E-state index is 13.3. The van der Waals surface area contributed by atoms with Crippen LogP contribution in [0.25, 0.3) is 0 Å². The summed E-state index contributed by atoms with van der Waals surface area (Å²) in [6.07, 6.45) is 3.74. The Labute approximate surface area is 136 Å². The Morgan fingerprint density at radius 1 is 1.27 bits per heavy atom. The summed E-state index contributed by atoms with van der Waals surface area (Å²) in [5.74, 6) is 0.368. The lowest BCUT2D eigenvalue weighted by Gasteiger charge is -2.34. The van der Waals surface area contributed by atoms with Gasteiger partial charge in [-0.2, -0.15) is 0 Å². The smallest absolute Gasteiger partial charge is 0.353 e. The van der Waals surface area contributed by atoms with E-state index in [0.29, 0.717) is 19.1 Å². The maximum Gasteiger partial charge on any atom is 0.353 e. The molecule has 1 unspecified atom stereocenters. The maximum absolute atomic E-state index is 13.3. The summed E-state index contributed by atoms with van der Waals surface area (Å²) in [5, 5.41) is 10.6. The second kappa shape index (κ2) is 7.31. The Hall–Kier alpha value is 0.0669. The van der Waals surface area contributed by atoms with Crippen molar-refractivity contribution in [3.8, 4) is 0 Å². The zero-order valence-electron chi connectivity index (χ0n) is 15.2. The van der Waals surface area contributed by atoms with Gasteiger partial charge in [-0.3, -0.25) is 4.57 Å². The van der Waals surface area contributed by atoms with E-state index in [1.165, 1.54) is 0 Å². The first-order valence-corrected chi connectivity index (χ1v) is 13.3. The van der Waals surface area contributed by atoms with Crippen LogP contribution in [0.5, 0.6) is 0 Å². The first-order valence-electron chi connectivity index (χ1n) is 8.29. The van der Waals surface area contributed by atoms with Crippen LogP contribution >= 0.6 is 7.60 Å². The number of aliphatic hydroxyl groups excluding tert-OH is 1. The van der Waals surface area contributed by atoms with Gasteiger partial charge in [-0.25, -0.2) is 0 Å². The van der Waals surface area contributed by atoms with Gasteiger partial charge in [0.15, 0.2) is 0 Å². The minimum atomic E-state index is -3.29. The average molecular weight is 348 g/mol. The molecule has 0 heterocycles. The Morgan fingerprint density at radius 3 is 2.05 bits per heavy atom. The Morgan fingerprint density at radius 2 is 1.73 bits per heavy atom. The highest BCUT2D eigenvalue weighted by Crippen LogP contribution is 2.60. The van der Waals surface area contributed by atoms with Crippen LogP contribution in [0.3, 0.4) is 0 Å². The molecule has 1 atom stereocenters. The molecular formula is C16H33O4PSi. The van der Waals surface area contributed by atoms with Gasteiger partial charge in [0.1, 0.15) is 0 Å². The highest BCUT2D eigenvalue weighted by molar-refractivity contribution is 7.62. The Kier molecular flexibility index (Phi) is 6.68. The topological polar surface area (TPSA) is 55.8 Å². The van der Waals surface area contributed by atoms with E-state index in [4.69, 9.17) is 9.05 Å². The molecule has 1 fully saturated rings. The molecule has 0 aromatic rings. The molecule has 1 rings (SSSR count). The van der Waals surface area contributed by atoms with Crippen LogP contribution in [0.2, 0.25) is 19.6 Å². The molecule has 0 bridgehead atoms. The van der Waals surface area contributed by atoms with Crippen molar-refractivity contribution in [3.63, 3.8) is 0 Å². The Balaban J connectivity index is 3.26. The van der Waals surface area contributed by atoms with Crippen molar-refractivity contribution in [1.82, 2.24) is 0 Å². The molecule has 1 aliphatic carbocycles. The van der Waals surface area contributed by atoms with Crippen molar-refractivity contribution < 1.29 is 18.7 Å². The number of hydrogen-bond donors (Lipinski definition) is 1. The molecule has 1 saturated carbocycles. The van der Waals surface area contributed by atoms with Crippen LogP contribution in [0.1, 0.15) is 40.5 Å². The molecule has 0 saturated heterocycles. The van der Waals surface area contributed by atoms with Crippen LogP contribution in [0.4, 0.5) is 0 Å². The lowest BCUT2D eigenvalue weighted by atomic mass is 9.84. The molecule has 1 aliphatic rings. The summed E-state index contributed by atoms with van der Waals surface area (Å²) in [5.41, 5.74) is -0.430. The Bertz CT molecular complexity index is 440. The standard InChI is InChI=1S/C16H33O4PSi/c1-8-19-21(18,20-9-2)14(22(5,6)7)12-16(3,4)15(17)13-10-11-13/h12-13,15,17H,8-11H2,1-7H3/b14-12+. The van der Waals surface area contributed by atoms with Crippen molar-refractivity contribution in [3.05, 3.63) is 11.0 Å². The SMILES string of the molecule is CCOP(=O)(OCC)/C(=C\C(C)(C)C(O)C1CC1)[Si](C)(C)C. The molecule has 130 valence electrons. The fourth-order valence-corrected chi connectivity index (χ4v) is 8.68.